The quantitative estimate of drug-likeness (QED) is 0.669. The molecule has 1 aliphatic heterocycles. The standard InChI is InChI=1S/C10H18N2O2/c1-7-5-14-6-8(7)11-9(13)12-10(2,3)4/h5-6H2,1-4H3,(H2,11,12,13). The molecular weight excluding hydrogens is 180 g/mol. The number of nitrogens with one attached hydrogen (secondary N) is 2. The lowest BCUT2D eigenvalue weighted by Gasteiger charge is -2.21. The van der Waals surface area contributed by atoms with E-state index in [9.17, 15) is 4.79 Å². The molecule has 1 aliphatic rings. The van der Waals surface area contributed by atoms with Crippen LogP contribution in [0.5, 0.6) is 0 Å². The number of hydrogen-bond acceptors (Lipinski definition) is 2. The minimum absolute atomic E-state index is 0.169. The van der Waals surface area contributed by atoms with Crippen molar-refractivity contribution >= 4 is 6.03 Å². The largest absolute Gasteiger partial charge is 0.371 e. The van der Waals surface area contributed by atoms with Gasteiger partial charge in [-0.2, -0.15) is 0 Å². The highest BCUT2D eigenvalue weighted by Crippen LogP contribution is 2.10. The molecule has 2 N–H and O–H groups in total. The van der Waals surface area contributed by atoms with Crippen molar-refractivity contribution < 1.29 is 9.53 Å². The first-order valence-corrected chi connectivity index (χ1v) is 4.74. The molecule has 0 atom stereocenters. The molecule has 0 aliphatic carbocycles. The molecule has 1 rings (SSSR count). The van der Waals surface area contributed by atoms with Gasteiger partial charge in [-0.25, -0.2) is 4.79 Å². The molecule has 80 valence electrons. The second-order valence-corrected chi connectivity index (χ2v) is 4.58. The van der Waals surface area contributed by atoms with Gasteiger partial charge in [0.2, 0.25) is 0 Å². The molecule has 0 aromatic carbocycles. The van der Waals surface area contributed by atoms with Gasteiger partial charge in [-0.3, -0.25) is 0 Å². The van der Waals surface area contributed by atoms with Gasteiger partial charge in [0.25, 0.3) is 0 Å². The van der Waals surface area contributed by atoms with E-state index in [1.54, 1.807) is 0 Å². The van der Waals surface area contributed by atoms with Gasteiger partial charge < -0.3 is 15.4 Å². The van der Waals surface area contributed by atoms with Crippen molar-refractivity contribution in [1.29, 1.82) is 0 Å². The third-order valence-corrected chi connectivity index (χ3v) is 1.83. The van der Waals surface area contributed by atoms with Crippen molar-refractivity contribution in [3.05, 3.63) is 11.3 Å². The van der Waals surface area contributed by atoms with Crippen LogP contribution in [-0.4, -0.2) is 24.8 Å². The SMILES string of the molecule is CC1=C(NC(=O)NC(C)(C)C)COC1. The van der Waals surface area contributed by atoms with E-state index >= 15 is 0 Å². The molecule has 0 saturated heterocycles. The second-order valence-electron chi connectivity index (χ2n) is 4.58. The number of amides is 2. The summed E-state index contributed by atoms with van der Waals surface area (Å²) in [5.74, 6) is 0. The summed E-state index contributed by atoms with van der Waals surface area (Å²) in [4.78, 5) is 11.4. The van der Waals surface area contributed by atoms with Crippen molar-refractivity contribution in [2.24, 2.45) is 0 Å². The van der Waals surface area contributed by atoms with Crippen LogP contribution < -0.4 is 10.6 Å². The molecule has 1 heterocycles. The van der Waals surface area contributed by atoms with E-state index < -0.39 is 0 Å². The van der Waals surface area contributed by atoms with Crippen LogP contribution in [0.4, 0.5) is 4.79 Å². The lowest BCUT2D eigenvalue weighted by molar-refractivity contribution is 0.199. The molecule has 2 amide bonds. The van der Waals surface area contributed by atoms with Gasteiger partial charge in [0, 0.05) is 11.2 Å². The van der Waals surface area contributed by atoms with Gasteiger partial charge in [0.05, 0.1) is 13.2 Å². The number of hydrogen-bond donors (Lipinski definition) is 2. The zero-order chi connectivity index (χ0) is 10.8. The van der Waals surface area contributed by atoms with Crippen molar-refractivity contribution in [3.63, 3.8) is 0 Å². The molecule has 0 saturated carbocycles. The maximum absolute atomic E-state index is 11.4. The normalized spacial score (nSPS) is 17.1. The van der Waals surface area contributed by atoms with E-state index in [4.69, 9.17) is 4.74 Å². The molecule has 0 fully saturated rings. The Morgan fingerprint density at radius 2 is 2.00 bits per heavy atom. The number of urea groups is 1. The van der Waals surface area contributed by atoms with Gasteiger partial charge in [0.15, 0.2) is 0 Å². The Hall–Kier alpha value is -1.03. The van der Waals surface area contributed by atoms with Crippen LogP contribution in [-0.2, 0) is 4.74 Å². The van der Waals surface area contributed by atoms with Crippen LogP contribution in [0.25, 0.3) is 0 Å². The summed E-state index contributed by atoms with van der Waals surface area (Å²) in [6.45, 7) is 8.91. The zero-order valence-corrected chi connectivity index (χ0v) is 9.23. The minimum Gasteiger partial charge on any atom is -0.371 e. The summed E-state index contributed by atoms with van der Waals surface area (Å²) in [6.07, 6.45) is 0. The summed E-state index contributed by atoms with van der Waals surface area (Å²) in [5.41, 5.74) is 1.76. The van der Waals surface area contributed by atoms with E-state index in [-0.39, 0.29) is 11.6 Å². The minimum atomic E-state index is -0.210. The Morgan fingerprint density at radius 1 is 1.36 bits per heavy atom. The summed E-state index contributed by atoms with van der Waals surface area (Å²) in [7, 11) is 0. The molecular formula is C10H18N2O2. The highest BCUT2D eigenvalue weighted by atomic mass is 16.5. The zero-order valence-electron chi connectivity index (χ0n) is 9.23. The van der Waals surface area contributed by atoms with Crippen LogP contribution in [0.1, 0.15) is 27.7 Å². The maximum atomic E-state index is 11.4. The number of carbonyl (C=O) groups is 1. The highest BCUT2D eigenvalue weighted by molar-refractivity contribution is 5.76. The Kier molecular flexibility index (Phi) is 3.16. The fourth-order valence-corrected chi connectivity index (χ4v) is 1.17. The van der Waals surface area contributed by atoms with E-state index in [1.165, 1.54) is 0 Å². The van der Waals surface area contributed by atoms with Crippen LogP contribution in [0.3, 0.4) is 0 Å². The lowest BCUT2D eigenvalue weighted by Crippen LogP contribution is -2.46. The average molecular weight is 198 g/mol. The van der Waals surface area contributed by atoms with Crippen molar-refractivity contribution in [2.75, 3.05) is 13.2 Å². The van der Waals surface area contributed by atoms with Gasteiger partial charge in [-0.05, 0) is 33.3 Å². The van der Waals surface area contributed by atoms with Gasteiger partial charge in [-0.15, -0.1) is 0 Å². The van der Waals surface area contributed by atoms with Gasteiger partial charge in [0.1, 0.15) is 0 Å². The van der Waals surface area contributed by atoms with Gasteiger partial charge in [-0.1, -0.05) is 0 Å². The first-order valence-electron chi connectivity index (χ1n) is 4.74. The highest BCUT2D eigenvalue weighted by Gasteiger charge is 2.17. The topological polar surface area (TPSA) is 50.4 Å². The van der Waals surface area contributed by atoms with Crippen molar-refractivity contribution in [3.8, 4) is 0 Å². The summed E-state index contributed by atoms with van der Waals surface area (Å²) in [5, 5.41) is 5.62. The fourth-order valence-electron chi connectivity index (χ4n) is 1.17. The molecule has 0 aromatic heterocycles. The van der Waals surface area contributed by atoms with Crippen LogP contribution in [0.2, 0.25) is 0 Å². The summed E-state index contributed by atoms with van der Waals surface area (Å²) in [6, 6.07) is -0.169. The summed E-state index contributed by atoms with van der Waals surface area (Å²) < 4.78 is 5.18. The molecule has 14 heavy (non-hydrogen) atoms. The molecule has 0 unspecified atom stereocenters. The first-order chi connectivity index (χ1) is 6.38. The predicted octanol–water partition coefficient (Wildman–Crippen LogP) is 1.39. The fraction of sp³-hybridized carbons (Fsp3) is 0.700. The second kappa shape index (κ2) is 4.00. The molecule has 0 aromatic rings. The van der Waals surface area contributed by atoms with E-state index in [0.29, 0.717) is 13.2 Å². The number of carbonyl (C=O) groups excluding carboxylic acids is 1. The van der Waals surface area contributed by atoms with Crippen LogP contribution >= 0.6 is 0 Å². The van der Waals surface area contributed by atoms with Crippen LogP contribution in [0.15, 0.2) is 11.3 Å². The predicted molar refractivity (Wildman–Crippen MR) is 54.9 cm³/mol. The Balaban J connectivity index is 2.45. The van der Waals surface area contributed by atoms with E-state index in [1.807, 2.05) is 27.7 Å². The van der Waals surface area contributed by atoms with Crippen molar-refractivity contribution in [1.82, 2.24) is 10.6 Å². The Bertz CT molecular complexity index is 264. The summed E-state index contributed by atoms with van der Waals surface area (Å²) >= 11 is 0. The lowest BCUT2D eigenvalue weighted by atomic mass is 10.1. The average Bonchev–Trinajstić information content (AvgIpc) is 2.32. The third-order valence-electron chi connectivity index (χ3n) is 1.83. The van der Waals surface area contributed by atoms with E-state index in [2.05, 4.69) is 10.6 Å². The van der Waals surface area contributed by atoms with Crippen molar-refractivity contribution in [2.45, 2.75) is 33.2 Å². The Labute approximate surface area is 84.7 Å². The Morgan fingerprint density at radius 3 is 2.43 bits per heavy atom. The number of ether oxygens (including phenoxy) is 1. The van der Waals surface area contributed by atoms with Crippen LogP contribution in [0, 0.1) is 0 Å². The van der Waals surface area contributed by atoms with Gasteiger partial charge >= 0.3 is 6.03 Å². The molecule has 0 bridgehead atoms. The maximum Gasteiger partial charge on any atom is 0.319 e. The molecule has 0 radical (unpaired) electrons. The molecule has 4 nitrogen and oxygen atoms in total. The number of rotatable bonds is 1. The molecule has 4 heteroatoms. The third kappa shape index (κ3) is 3.38. The molecule has 0 spiro atoms. The van der Waals surface area contributed by atoms with E-state index in [0.717, 1.165) is 11.3 Å². The first kappa shape index (κ1) is 11.0. The smallest absolute Gasteiger partial charge is 0.319 e. The monoisotopic (exact) mass is 198 g/mol.